The van der Waals surface area contributed by atoms with Crippen LogP contribution in [0, 0.1) is 0 Å². The molecule has 0 saturated carbocycles. The Morgan fingerprint density at radius 1 is 1.45 bits per heavy atom. The van der Waals surface area contributed by atoms with Crippen LogP contribution >= 0.6 is 25.9 Å². The van der Waals surface area contributed by atoms with E-state index in [2.05, 4.69) is 9.06 Å². The van der Waals surface area contributed by atoms with Crippen LogP contribution in [0.2, 0.25) is 0 Å². The summed E-state index contributed by atoms with van der Waals surface area (Å²) in [7, 11) is -3.40. The fourth-order valence-corrected chi connectivity index (χ4v) is 3.99. The molecule has 0 rings (SSSR count). The molecule has 1 atom stereocenters. The summed E-state index contributed by atoms with van der Waals surface area (Å²) in [6, 6.07) is 0. The van der Waals surface area contributed by atoms with Crippen molar-refractivity contribution < 1.29 is 23.6 Å². The second-order valence-electron chi connectivity index (χ2n) is 1.45. The first-order chi connectivity index (χ1) is 4.83. The summed E-state index contributed by atoms with van der Waals surface area (Å²) in [6.45, 7) is -3.27. The highest BCUT2D eigenvalue weighted by Gasteiger charge is 2.26. The molecule has 6 nitrogen and oxygen atoms in total. The van der Waals surface area contributed by atoms with Crippen molar-refractivity contribution in [1.29, 1.82) is 0 Å². The fraction of sp³-hybridized carbons (Fsp3) is 1.00. The summed E-state index contributed by atoms with van der Waals surface area (Å²) < 4.78 is 17.6. The van der Waals surface area contributed by atoms with E-state index in [-0.39, 0.29) is 0 Å². The molecule has 0 aromatic heterocycles. The van der Waals surface area contributed by atoms with Gasteiger partial charge in [-0.1, -0.05) is 11.4 Å². The largest absolute Gasteiger partial charge is 0.476 e. The van der Waals surface area contributed by atoms with Crippen LogP contribution in [-0.4, -0.2) is 28.0 Å². The first kappa shape index (κ1) is 11.6. The Balaban J connectivity index is 4.48. The predicted molar refractivity (Wildman–Crippen MR) is 44.1 cm³/mol. The minimum atomic E-state index is -4.64. The average molecular weight is 221 g/mol. The zero-order chi connectivity index (χ0) is 9.12. The third-order valence-electron chi connectivity index (χ3n) is 0.703. The maximum Gasteiger partial charge on any atom is 0.476 e. The van der Waals surface area contributed by atoms with Crippen LogP contribution in [0.25, 0.3) is 0 Å². The van der Waals surface area contributed by atoms with Gasteiger partial charge in [-0.25, -0.2) is 13.6 Å². The highest BCUT2D eigenvalue weighted by atomic mass is 32.7. The van der Waals surface area contributed by atoms with E-state index in [1.54, 1.807) is 0 Å². The van der Waals surface area contributed by atoms with Gasteiger partial charge in [0, 0.05) is 7.05 Å². The molecule has 0 aliphatic carbocycles. The second-order valence-corrected chi connectivity index (χ2v) is 7.35. The molecular formula is C2H9NO5P2S. The molecule has 0 aromatic rings. The minimum absolute atomic E-state index is 0.785. The molecule has 0 aliphatic rings. The average Bonchev–Trinajstić information content (AvgIpc) is 1.84. The van der Waals surface area contributed by atoms with Crippen molar-refractivity contribution in [1.82, 2.24) is 0 Å². The lowest BCUT2D eigenvalue weighted by molar-refractivity contribution is 0.283. The van der Waals surface area contributed by atoms with E-state index < -0.39 is 14.5 Å². The molecule has 0 aromatic carbocycles. The molecule has 0 amide bonds. The minimum Gasteiger partial charge on any atom is -0.332 e. The summed E-state index contributed by atoms with van der Waals surface area (Å²) in [5.41, 5.74) is 0. The van der Waals surface area contributed by atoms with Gasteiger partial charge in [0.15, 0.2) is 0 Å². The van der Waals surface area contributed by atoms with Crippen LogP contribution in [0.5, 0.6) is 0 Å². The Morgan fingerprint density at radius 3 is 2.00 bits per heavy atom. The Hall–Kier alpha value is 0.650. The zero-order valence-corrected chi connectivity index (χ0v) is 8.51. The van der Waals surface area contributed by atoms with Crippen LogP contribution in [0.4, 0.5) is 0 Å². The van der Waals surface area contributed by atoms with Crippen molar-refractivity contribution in [2.45, 2.75) is 0 Å². The Kier molecular flexibility index (Phi) is 4.29. The number of hydrogen-bond acceptors (Lipinski definition) is 4. The molecule has 0 aliphatic heterocycles. The summed E-state index contributed by atoms with van der Waals surface area (Å²) in [4.78, 5) is 25.8. The second kappa shape index (κ2) is 4.05. The molecule has 0 spiro atoms. The van der Waals surface area contributed by atoms with Gasteiger partial charge in [0.1, 0.15) is 0 Å². The predicted octanol–water partition coefficient (Wildman–Crippen LogP) is 1.03. The number of phosphoric acid groups is 1. The third-order valence-corrected chi connectivity index (χ3v) is 5.90. The zero-order valence-electron chi connectivity index (χ0n) is 5.91. The van der Waals surface area contributed by atoms with Crippen LogP contribution in [0.15, 0.2) is 4.74 Å². The van der Waals surface area contributed by atoms with E-state index in [9.17, 15) is 4.57 Å². The van der Waals surface area contributed by atoms with Crippen LogP contribution < -0.4 is 0 Å². The van der Waals surface area contributed by atoms with E-state index >= 15 is 0 Å². The monoisotopic (exact) mass is 221 g/mol. The SMILES string of the molecule is CN=P(O)(OP(=O)(O)O)SC. The molecule has 68 valence electrons. The van der Waals surface area contributed by atoms with Gasteiger partial charge in [-0.3, -0.25) is 0 Å². The normalized spacial score (nSPS) is 17.5. The quantitative estimate of drug-likeness (QED) is 0.615. The topological polar surface area (TPSA) is 99.4 Å². The first-order valence-electron chi connectivity index (χ1n) is 2.39. The first-order valence-corrected chi connectivity index (χ1v) is 7.36. The van der Waals surface area contributed by atoms with E-state index in [1.165, 1.54) is 13.3 Å². The van der Waals surface area contributed by atoms with Crippen molar-refractivity contribution in [2.75, 3.05) is 13.3 Å². The number of rotatable bonds is 3. The van der Waals surface area contributed by atoms with E-state index in [4.69, 9.17) is 14.7 Å². The maximum absolute atomic E-state index is 10.2. The molecule has 0 fully saturated rings. The van der Waals surface area contributed by atoms with Crippen molar-refractivity contribution in [3.8, 4) is 0 Å². The van der Waals surface area contributed by atoms with Crippen LogP contribution in [0.1, 0.15) is 0 Å². The lowest BCUT2D eigenvalue weighted by atomic mass is 11.6. The van der Waals surface area contributed by atoms with Crippen molar-refractivity contribution in [3.63, 3.8) is 0 Å². The summed E-state index contributed by atoms with van der Waals surface area (Å²) in [5, 5.41) is 0. The number of hydrogen-bond donors (Lipinski definition) is 3. The van der Waals surface area contributed by atoms with Gasteiger partial charge in [-0.05, 0) is 6.26 Å². The molecule has 0 saturated heterocycles. The lowest BCUT2D eigenvalue weighted by Gasteiger charge is -2.14. The van der Waals surface area contributed by atoms with Gasteiger partial charge < -0.3 is 14.7 Å². The van der Waals surface area contributed by atoms with Gasteiger partial charge in [-0.2, -0.15) is 0 Å². The molecule has 9 heteroatoms. The van der Waals surface area contributed by atoms with Gasteiger partial charge in [0.25, 0.3) is 6.71 Å². The Morgan fingerprint density at radius 2 is 1.91 bits per heavy atom. The van der Waals surface area contributed by atoms with Gasteiger partial charge in [0.2, 0.25) is 0 Å². The molecule has 1 unspecified atom stereocenters. The lowest BCUT2D eigenvalue weighted by Crippen LogP contribution is -1.83. The number of nitrogens with zero attached hydrogens (tertiary/aromatic N) is 1. The van der Waals surface area contributed by atoms with E-state index in [0.717, 1.165) is 11.4 Å². The summed E-state index contributed by atoms with van der Waals surface area (Å²) in [6.07, 6.45) is 1.45. The Labute approximate surface area is 68.2 Å². The molecule has 0 radical (unpaired) electrons. The van der Waals surface area contributed by atoms with Crippen molar-refractivity contribution >= 4 is 25.9 Å². The van der Waals surface area contributed by atoms with Crippen molar-refractivity contribution in [3.05, 3.63) is 0 Å². The van der Waals surface area contributed by atoms with Gasteiger partial charge in [-0.15, -0.1) is 0 Å². The molecular weight excluding hydrogens is 212 g/mol. The molecule has 11 heavy (non-hydrogen) atoms. The smallest absolute Gasteiger partial charge is 0.332 e. The molecule has 0 bridgehead atoms. The van der Waals surface area contributed by atoms with Gasteiger partial charge >= 0.3 is 7.82 Å². The van der Waals surface area contributed by atoms with Crippen LogP contribution in [-0.2, 0) is 8.88 Å². The summed E-state index contributed by atoms with van der Waals surface area (Å²) >= 11 is 0.785. The molecule has 3 N–H and O–H groups in total. The highest BCUT2D eigenvalue weighted by Crippen LogP contribution is 2.66. The van der Waals surface area contributed by atoms with Gasteiger partial charge in [0.05, 0.1) is 0 Å². The third kappa shape index (κ3) is 4.98. The highest BCUT2D eigenvalue weighted by molar-refractivity contribution is 8.55. The summed E-state index contributed by atoms with van der Waals surface area (Å²) in [5.74, 6) is 0. The van der Waals surface area contributed by atoms with Crippen molar-refractivity contribution in [2.24, 2.45) is 4.74 Å². The van der Waals surface area contributed by atoms with Crippen LogP contribution in [0.3, 0.4) is 0 Å². The fourth-order valence-electron chi connectivity index (χ4n) is 0.290. The molecule has 0 heterocycles. The van der Waals surface area contributed by atoms with E-state index in [0.29, 0.717) is 0 Å². The standard InChI is InChI=1S/C2H9NO5P2S/c1-3-9(4,11-2)8-10(5,6)7/h4H,1-2H3,(H2,5,6,7). The van der Waals surface area contributed by atoms with E-state index in [1.807, 2.05) is 0 Å². The maximum atomic E-state index is 10.2. The Bertz CT molecular complexity index is 223.